The second-order valence-electron chi connectivity index (χ2n) is 8.91. The summed E-state index contributed by atoms with van der Waals surface area (Å²) in [4.78, 5) is 17.5. The van der Waals surface area contributed by atoms with E-state index >= 15 is 0 Å². The molecule has 1 N–H and O–H groups in total. The highest BCUT2D eigenvalue weighted by Crippen LogP contribution is 2.35. The summed E-state index contributed by atoms with van der Waals surface area (Å²) < 4.78 is 5.30. The van der Waals surface area contributed by atoms with Gasteiger partial charge >= 0.3 is 0 Å². The fraction of sp³-hybridized carbons (Fsp3) is 0.194. The monoisotopic (exact) mass is 507 g/mol. The maximum Gasteiger partial charge on any atom is 0.225 e. The summed E-state index contributed by atoms with van der Waals surface area (Å²) >= 11 is 1.43. The van der Waals surface area contributed by atoms with Gasteiger partial charge in [0.15, 0.2) is 0 Å². The molecule has 186 valence electrons. The Morgan fingerprint density at radius 1 is 0.946 bits per heavy atom. The Bertz CT molecular complexity index is 1460. The highest BCUT2D eigenvalue weighted by molar-refractivity contribution is 7.99. The predicted molar refractivity (Wildman–Crippen MR) is 151 cm³/mol. The van der Waals surface area contributed by atoms with E-state index in [0.29, 0.717) is 22.8 Å². The number of carbonyl (C=O) groups is 1. The number of aryl methyl sites for hydroxylation is 3. The van der Waals surface area contributed by atoms with Gasteiger partial charge in [0.25, 0.3) is 0 Å². The third-order valence-electron chi connectivity index (χ3n) is 6.07. The normalized spacial score (nSPS) is 10.6. The van der Waals surface area contributed by atoms with Crippen molar-refractivity contribution in [3.63, 3.8) is 0 Å². The summed E-state index contributed by atoms with van der Waals surface area (Å²) in [6.45, 7) is 6.05. The van der Waals surface area contributed by atoms with E-state index < -0.39 is 0 Å². The fourth-order valence-electron chi connectivity index (χ4n) is 4.01. The molecule has 0 saturated heterocycles. The number of nitrogens with one attached hydrogen (secondary N) is 1. The molecule has 1 amide bonds. The number of pyridine rings is 1. The number of rotatable bonds is 8. The zero-order valence-electron chi connectivity index (χ0n) is 21.5. The van der Waals surface area contributed by atoms with Gasteiger partial charge in [-0.25, -0.2) is 4.98 Å². The van der Waals surface area contributed by atoms with E-state index in [1.165, 1.54) is 11.8 Å². The van der Waals surface area contributed by atoms with E-state index in [-0.39, 0.29) is 5.91 Å². The molecule has 0 aliphatic rings. The van der Waals surface area contributed by atoms with Crippen LogP contribution < -0.4 is 10.1 Å². The maximum absolute atomic E-state index is 12.6. The van der Waals surface area contributed by atoms with Crippen molar-refractivity contribution in [2.75, 3.05) is 18.2 Å². The number of nitriles is 1. The van der Waals surface area contributed by atoms with Crippen LogP contribution in [0.1, 0.15) is 28.7 Å². The third-order valence-corrected chi connectivity index (χ3v) is 7.05. The molecule has 6 heteroatoms. The van der Waals surface area contributed by atoms with E-state index in [0.717, 1.165) is 50.5 Å². The van der Waals surface area contributed by atoms with Gasteiger partial charge in [0.1, 0.15) is 16.8 Å². The highest BCUT2D eigenvalue weighted by atomic mass is 32.2. The first kappa shape index (κ1) is 26.0. The number of hydrogen-bond donors (Lipinski definition) is 1. The molecule has 0 bridgehead atoms. The van der Waals surface area contributed by atoms with Crippen molar-refractivity contribution in [2.45, 2.75) is 32.2 Å². The Kier molecular flexibility index (Phi) is 8.27. The minimum Gasteiger partial charge on any atom is -0.497 e. The van der Waals surface area contributed by atoms with Gasteiger partial charge in [-0.15, -0.1) is 11.8 Å². The lowest BCUT2D eigenvalue weighted by Gasteiger charge is -2.13. The predicted octanol–water partition coefficient (Wildman–Crippen LogP) is 7.34. The van der Waals surface area contributed by atoms with E-state index in [2.05, 4.69) is 11.4 Å². The minimum absolute atomic E-state index is 0.0666. The van der Waals surface area contributed by atoms with E-state index in [1.807, 2.05) is 93.6 Å². The molecule has 0 spiro atoms. The zero-order chi connectivity index (χ0) is 26.4. The van der Waals surface area contributed by atoms with Crippen LogP contribution in [0, 0.1) is 32.1 Å². The van der Waals surface area contributed by atoms with Crippen LogP contribution in [0.15, 0.2) is 77.8 Å². The third kappa shape index (κ3) is 6.38. The maximum atomic E-state index is 12.6. The van der Waals surface area contributed by atoms with Crippen LogP contribution in [-0.4, -0.2) is 23.8 Å². The number of amides is 1. The molecule has 3 aromatic carbocycles. The number of nitrogens with zero attached hydrogens (tertiary/aromatic N) is 2. The number of aromatic nitrogens is 1. The molecule has 0 fully saturated rings. The Balaban J connectivity index is 1.61. The average Bonchev–Trinajstić information content (AvgIpc) is 2.90. The van der Waals surface area contributed by atoms with Gasteiger partial charge in [-0.1, -0.05) is 47.5 Å². The summed E-state index contributed by atoms with van der Waals surface area (Å²) in [6.07, 6.45) is 0.303. The van der Waals surface area contributed by atoms with Gasteiger partial charge in [0, 0.05) is 29.0 Å². The van der Waals surface area contributed by atoms with Crippen LogP contribution in [0.3, 0.4) is 0 Å². The number of anilines is 1. The molecule has 1 aromatic heterocycles. The number of benzene rings is 3. The summed E-state index contributed by atoms with van der Waals surface area (Å²) in [5, 5.41) is 13.7. The first-order valence-electron chi connectivity index (χ1n) is 12.0. The van der Waals surface area contributed by atoms with Gasteiger partial charge in [-0.2, -0.15) is 5.26 Å². The molecule has 0 atom stereocenters. The van der Waals surface area contributed by atoms with Crippen LogP contribution in [0.25, 0.3) is 22.4 Å². The number of thioether (sulfide) groups is 1. The van der Waals surface area contributed by atoms with Gasteiger partial charge in [-0.3, -0.25) is 4.79 Å². The lowest BCUT2D eigenvalue weighted by Crippen LogP contribution is -2.13. The van der Waals surface area contributed by atoms with Crippen molar-refractivity contribution in [2.24, 2.45) is 0 Å². The summed E-state index contributed by atoms with van der Waals surface area (Å²) in [5.74, 6) is 1.20. The summed E-state index contributed by atoms with van der Waals surface area (Å²) in [5.41, 5.74) is 8.13. The van der Waals surface area contributed by atoms with Crippen molar-refractivity contribution < 1.29 is 9.53 Å². The molecule has 0 radical (unpaired) electrons. The summed E-state index contributed by atoms with van der Waals surface area (Å²) in [7, 11) is 1.63. The average molecular weight is 508 g/mol. The molecular formula is C31H29N3O2S. The van der Waals surface area contributed by atoms with E-state index in [4.69, 9.17) is 9.72 Å². The second-order valence-corrected chi connectivity index (χ2v) is 9.99. The number of hydrogen-bond acceptors (Lipinski definition) is 5. The van der Waals surface area contributed by atoms with E-state index in [9.17, 15) is 10.1 Å². The molecule has 0 saturated carbocycles. The molecule has 4 aromatic rings. The molecule has 0 aliphatic carbocycles. The number of carbonyl (C=O) groups excluding carboxylic acids is 1. The molecule has 37 heavy (non-hydrogen) atoms. The van der Waals surface area contributed by atoms with Crippen LogP contribution in [0.2, 0.25) is 0 Å². The number of methoxy groups -OCH3 is 1. The van der Waals surface area contributed by atoms with Crippen LogP contribution in [-0.2, 0) is 4.79 Å². The lowest BCUT2D eigenvalue weighted by molar-refractivity contribution is -0.115. The first-order chi connectivity index (χ1) is 17.9. The zero-order valence-corrected chi connectivity index (χ0v) is 22.3. The Hall–Kier alpha value is -4.08. The van der Waals surface area contributed by atoms with Crippen molar-refractivity contribution in [1.82, 2.24) is 4.98 Å². The standard InChI is InChI=1S/C31H29N3O2S/c1-20-5-8-23(9-6-20)26-18-29(24-10-12-25(36-4)13-11-24)34-31(27(26)19-32)37-16-15-30(35)33-28-14-7-21(2)17-22(28)3/h5-14,17-18H,15-16H2,1-4H3,(H,33,35). The molecule has 0 unspecified atom stereocenters. The highest BCUT2D eigenvalue weighted by Gasteiger charge is 2.17. The summed E-state index contributed by atoms with van der Waals surface area (Å²) in [6, 6.07) is 26.1. The van der Waals surface area contributed by atoms with Crippen molar-refractivity contribution in [1.29, 1.82) is 5.26 Å². The SMILES string of the molecule is COc1ccc(-c2cc(-c3ccc(C)cc3)c(C#N)c(SCCC(=O)Nc3ccc(C)cc3C)n2)cc1. The fourth-order valence-corrected chi connectivity index (χ4v) is 4.96. The second kappa shape index (κ2) is 11.8. The van der Waals surface area contributed by atoms with Crippen LogP contribution >= 0.6 is 11.8 Å². The van der Waals surface area contributed by atoms with Crippen molar-refractivity contribution >= 4 is 23.4 Å². The van der Waals surface area contributed by atoms with Gasteiger partial charge in [0.05, 0.1) is 18.4 Å². The van der Waals surface area contributed by atoms with Gasteiger partial charge in [-0.05, 0) is 68.3 Å². The Labute approximate surface area is 222 Å². The topological polar surface area (TPSA) is 75.0 Å². The quantitative estimate of drug-likeness (QED) is 0.253. The Morgan fingerprint density at radius 2 is 1.62 bits per heavy atom. The van der Waals surface area contributed by atoms with E-state index in [1.54, 1.807) is 7.11 Å². The molecule has 1 heterocycles. The van der Waals surface area contributed by atoms with Gasteiger partial charge < -0.3 is 10.1 Å². The Morgan fingerprint density at radius 3 is 2.27 bits per heavy atom. The van der Waals surface area contributed by atoms with Crippen molar-refractivity contribution in [3.05, 3.63) is 95.1 Å². The largest absolute Gasteiger partial charge is 0.497 e. The molecular weight excluding hydrogens is 478 g/mol. The smallest absolute Gasteiger partial charge is 0.225 e. The van der Waals surface area contributed by atoms with Gasteiger partial charge in [0.2, 0.25) is 5.91 Å². The number of ether oxygens (including phenoxy) is 1. The molecule has 4 rings (SSSR count). The van der Waals surface area contributed by atoms with Crippen LogP contribution in [0.4, 0.5) is 5.69 Å². The van der Waals surface area contributed by atoms with Crippen LogP contribution in [0.5, 0.6) is 5.75 Å². The lowest BCUT2D eigenvalue weighted by atomic mass is 9.98. The molecule has 0 aliphatic heterocycles. The van der Waals surface area contributed by atoms with Crippen molar-refractivity contribution in [3.8, 4) is 34.2 Å². The minimum atomic E-state index is -0.0666. The molecule has 5 nitrogen and oxygen atoms in total. The first-order valence-corrected chi connectivity index (χ1v) is 13.0.